The van der Waals surface area contributed by atoms with Crippen LogP contribution in [0, 0.1) is 0 Å². The Kier molecular flexibility index (Phi) is 4.59. The van der Waals surface area contributed by atoms with Crippen LogP contribution in [0.3, 0.4) is 0 Å². The van der Waals surface area contributed by atoms with Crippen LogP contribution in [0.1, 0.15) is 28.5 Å². The lowest BCUT2D eigenvalue weighted by Crippen LogP contribution is -2.40. The molecule has 0 unspecified atom stereocenters. The molecule has 4 aromatic carbocycles. The zero-order valence-electron chi connectivity index (χ0n) is 15.8. The lowest BCUT2D eigenvalue weighted by atomic mass is 9.78. The van der Waals surface area contributed by atoms with Crippen molar-refractivity contribution in [1.82, 2.24) is 0 Å². The minimum Gasteiger partial charge on any atom is -0.356 e. The molecule has 0 saturated carbocycles. The van der Waals surface area contributed by atoms with Crippen molar-refractivity contribution in [1.29, 1.82) is 0 Å². The third kappa shape index (κ3) is 3.02. The summed E-state index contributed by atoms with van der Waals surface area (Å²) in [6.45, 7) is 0. The Balaban J connectivity index is 1.80. The fourth-order valence-corrected chi connectivity index (χ4v) is 4.35. The number of nitrogens with one attached hydrogen (secondary N) is 1. The van der Waals surface area contributed by atoms with Gasteiger partial charge in [0.25, 0.3) is 0 Å². The Morgan fingerprint density at radius 2 is 1.21 bits per heavy atom. The predicted molar refractivity (Wildman–Crippen MR) is 118 cm³/mol. The zero-order chi connectivity index (χ0) is 19.7. The van der Waals surface area contributed by atoms with Crippen LogP contribution in [0.5, 0.6) is 0 Å². The summed E-state index contributed by atoms with van der Waals surface area (Å²) < 4.78 is 6.94. The minimum atomic E-state index is -0.756. The Hall–Kier alpha value is -3.07. The van der Waals surface area contributed by atoms with E-state index < -0.39 is 5.60 Å². The first-order valence-electron chi connectivity index (χ1n) is 9.68. The van der Waals surface area contributed by atoms with E-state index in [-0.39, 0.29) is 6.23 Å². The number of hydrogen-bond donors (Lipinski definition) is 1. The summed E-state index contributed by atoms with van der Waals surface area (Å²) in [6.07, 6.45) is -0.390. The highest BCUT2D eigenvalue weighted by Gasteiger charge is 2.45. The maximum atomic E-state index is 6.94. The van der Waals surface area contributed by atoms with Gasteiger partial charge in [-0.05, 0) is 23.3 Å². The fraction of sp³-hybridized carbons (Fsp3) is 0.0769. The maximum Gasteiger partial charge on any atom is 0.157 e. The second-order valence-corrected chi connectivity index (χ2v) is 7.53. The van der Waals surface area contributed by atoms with Crippen molar-refractivity contribution in [2.75, 3.05) is 5.32 Å². The average Bonchev–Trinajstić information content (AvgIpc) is 2.80. The quantitative estimate of drug-likeness (QED) is 0.411. The lowest BCUT2D eigenvalue weighted by Gasteiger charge is -2.44. The van der Waals surface area contributed by atoms with Crippen LogP contribution in [-0.2, 0) is 10.3 Å². The molecule has 0 aliphatic carbocycles. The Bertz CT molecular complexity index is 1090. The van der Waals surface area contributed by atoms with Gasteiger partial charge in [0.05, 0.1) is 0 Å². The highest BCUT2D eigenvalue weighted by molar-refractivity contribution is 6.31. The van der Waals surface area contributed by atoms with E-state index >= 15 is 0 Å². The number of benzene rings is 4. The van der Waals surface area contributed by atoms with E-state index in [0.29, 0.717) is 5.02 Å². The lowest BCUT2D eigenvalue weighted by molar-refractivity contribution is -0.0431. The van der Waals surface area contributed by atoms with Gasteiger partial charge in [0, 0.05) is 21.8 Å². The van der Waals surface area contributed by atoms with Gasteiger partial charge in [-0.1, -0.05) is 109 Å². The van der Waals surface area contributed by atoms with E-state index in [2.05, 4.69) is 72.0 Å². The molecule has 0 spiro atoms. The van der Waals surface area contributed by atoms with Crippen molar-refractivity contribution >= 4 is 17.3 Å². The molecule has 3 heteroatoms. The van der Waals surface area contributed by atoms with Crippen LogP contribution < -0.4 is 5.32 Å². The van der Waals surface area contributed by atoms with E-state index in [9.17, 15) is 0 Å². The highest BCUT2D eigenvalue weighted by atomic mass is 35.5. The summed E-state index contributed by atoms with van der Waals surface area (Å²) in [6, 6.07) is 36.9. The number of hydrogen-bond acceptors (Lipinski definition) is 2. The first-order valence-corrected chi connectivity index (χ1v) is 10.1. The Morgan fingerprint density at radius 3 is 1.86 bits per heavy atom. The number of anilines is 1. The van der Waals surface area contributed by atoms with Crippen LogP contribution in [0.15, 0.2) is 109 Å². The van der Waals surface area contributed by atoms with Crippen molar-refractivity contribution < 1.29 is 4.74 Å². The molecule has 2 nitrogen and oxygen atoms in total. The molecular weight excluding hydrogens is 378 g/mol. The number of ether oxygens (including phenoxy) is 1. The molecule has 4 aromatic rings. The average molecular weight is 398 g/mol. The van der Waals surface area contributed by atoms with Gasteiger partial charge in [-0.25, -0.2) is 0 Å². The molecular formula is C26H20ClNO. The Labute approximate surface area is 175 Å². The van der Waals surface area contributed by atoms with Crippen LogP contribution in [0.2, 0.25) is 5.02 Å². The molecule has 1 heterocycles. The monoisotopic (exact) mass is 397 g/mol. The van der Waals surface area contributed by atoms with Crippen molar-refractivity contribution in [3.63, 3.8) is 0 Å². The summed E-state index contributed by atoms with van der Waals surface area (Å²) in [5.41, 5.74) is 4.44. The highest BCUT2D eigenvalue weighted by Crippen LogP contribution is 2.50. The van der Waals surface area contributed by atoms with Gasteiger partial charge in [-0.15, -0.1) is 0 Å². The first kappa shape index (κ1) is 18.0. The van der Waals surface area contributed by atoms with Crippen LogP contribution in [0.25, 0.3) is 0 Å². The molecule has 1 atom stereocenters. The van der Waals surface area contributed by atoms with E-state index in [1.807, 2.05) is 42.5 Å². The minimum absolute atomic E-state index is 0.390. The molecule has 1 aliphatic rings. The van der Waals surface area contributed by atoms with Crippen molar-refractivity contribution in [2.45, 2.75) is 11.8 Å². The summed E-state index contributed by atoms with van der Waals surface area (Å²) in [5, 5.41) is 4.22. The normalized spacial score (nSPS) is 17.2. The van der Waals surface area contributed by atoms with Gasteiger partial charge >= 0.3 is 0 Å². The predicted octanol–water partition coefficient (Wildman–Crippen LogP) is 6.77. The fourth-order valence-electron chi connectivity index (χ4n) is 4.12. The second-order valence-electron chi connectivity index (χ2n) is 7.12. The number of halogens is 1. The molecule has 0 radical (unpaired) electrons. The SMILES string of the molecule is Clc1ccccc1[C@H]1Nc2ccccc2C(c2ccccc2)(c2ccccc2)O1. The first-order chi connectivity index (χ1) is 14.3. The van der Waals surface area contributed by atoms with Crippen molar-refractivity contribution in [3.05, 3.63) is 136 Å². The third-order valence-electron chi connectivity index (χ3n) is 5.44. The molecule has 0 fully saturated rings. The van der Waals surface area contributed by atoms with Crippen molar-refractivity contribution in [2.24, 2.45) is 0 Å². The van der Waals surface area contributed by atoms with E-state index in [1.54, 1.807) is 0 Å². The second kappa shape index (κ2) is 7.40. The van der Waals surface area contributed by atoms with Gasteiger partial charge in [0.1, 0.15) is 5.60 Å². The smallest absolute Gasteiger partial charge is 0.157 e. The van der Waals surface area contributed by atoms with Gasteiger partial charge in [-0.3, -0.25) is 0 Å². The van der Waals surface area contributed by atoms with Crippen LogP contribution >= 0.6 is 11.6 Å². The molecule has 0 saturated heterocycles. The number of para-hydroxylation sites is 1. The third-order valence-corrected chi connectivity index (χ3v) is 5.78. The maximum absolute atomic E-state index is 6.94. The summed E-state index contributed by atoms with van der Waals surface area (Å²) in [7, 11) is 0. The number of fused-ring (bicyclic) bond motifs is 1. The standard InChI is InChI=1S/C26H20ClNO/c27-23-17-9-7-15-21(23)25-28-24-18-10-8-16-22(24)26(29-25,19-11-3-1-4-12-19)20-13-5-2-6-14-20/h1-18,25,28H/t25-/m0/s1. The van der Waals surface area contributed by atoms with Gasteiger partial charge in [-0.2, -0.15) is 0 Å². The summed E-state index contributed by atoms with van der Waals surface area (Å²) in [5.74, 6) is 0. The number of rotatable bonds is 3. The van der Waals surface area contributed by atoms with E-state index in [4.69, 9.17) is 16.3 Å². The molecule has 5 rings (SSSR count). The van der Waals surface area contributed by atoms with Crippen LogP contribution in [-0.4, -0.2) is 0 Å². The van der Waals surface area contributed by atoms with Crippen molar-refractivity contribution in [3.8, 4) is 0 Å². The largest absolute Gasteiger partial charge is 0.356 e. The van der Waals surface area contributed by atoms with Crippen LogP contribution in [0.4, 0.5) is 5.69 Å². The summed E-state index contributed by atoms with van der Waals surface area (Å²) in [4.78, 5) is 0. The molecule has 29 heavy (non-hydrogen) atoms. The molecule has 1 N–H and O–H groups in total. The Morgan fingerprint density at radius 1 is 0.655 bits per heavy atom. The molecule has 1 aliphatic heterocycles. The molecule has 0 amide bonds. The molecule has 142 valence electrons. The zero-order valence-corrected chi connectivity index (χ0v) is 16.5. The molecule has 0 aromatic heterocycles. The van der Waals surface area contributed by atoms with E-state index in [1.165, 1.54) is 0 Å². The van der Waals surface area contributed by atoms with Gasteiger partial charge in [0.15, 0.2) is 6.23 Å². The van der Waals surface area contributed by atoms with E-state index in [0.717, 1.165) is 27.9 Å². The van der Waals surface area contributed by atoms with Gasteiger partial charge < -0.3 is 10.1 Å². The molecule has 0 bridgehead atoms. The summed E-state index contributed by atoms with van der Waals surface area (Å²) >= 11 is 6.55. The van der Waals surface area contributed by atoms with Gasteiger partial charge in [0.2, 0.25) is 0 Å². The topological polar surface area (TPSA) is 21.3 Å².